The molecule has 1 aliphatic rings. The molecule has 1 aliphatic heterocycles. The zero-order chi connectivity index (χ0) is 17.9. The molecule has 24 heavy (non-hydrogen) atoms. The van der Waals surface area contributed by atoms with E-state index in [4.69, 9.17) is 14.6 Å². The van der Waals surface area contributed by atoms with E-state index in [2.05, 4.69) is 0 Å². The molecule has 0 radical (unpaired) electrons. The van der Waals surface area contributed by atoms with Crippen molar-refractivity contribution in [1.29, 1.82) is 0 Å². The summed E-state index contributed by atoms with van der Waals surface area (Å²) >= 11 is 0. The van der Waals surface area contributed by atoms with E-state index >= 15 is 0 Å². The molecule has 1 fully saturated rings. The monoisotopic (exact) mass is 355 g/mol. The lowest BCUT2D eigenvalue weighted by atomic mass is 10.2. The van der Waals surface area contributed by atoms with Crippen LogP contribution < -0.4 is 4.74 Å². The summed E-state index contributed by atoms with van der Waals surface area (Å²) in [5.41, 5.74) is 0.464. The first-order valence-corrected chi connectivity index (χ1v) is 8.92. The van der Waals surface area contributed by atoms with Crippen LogP contribution in [0.4, 0.5) is 0 Å². The Hall–Kier alpha value is -1.90. The first-order valence-electron chi connectivity index (χ1n) is 7.48. The second-order valence-corrected chi connectivity index (χ2v) is 7.57. The van der Waals surface area contributed by atoms with Crippen molar-refractivity contribution in [3.8, 4) is 5.75 Å². The quantitative estimate of drug-likeness (QED) is 0.806. The Morgan fingerprint density at radius 2 is 1.96 bits per heavy atom. The Bertz CT molecular complexity index is 733. The zero-order valence-corrected chi connectivity index (χ0v) is 14.6. The van der Waals surface area contributed by atoms with Gasteiger partial charge in [-0.1, -0.05) is 6.07 Å². The van der Waals surface area contributed by atoms with Gasteiger partial charge in [-0.05, 0) is 37.6 Å². The van der Waals surface area contributed by atoms with Crippen molar-refractivity contribution in [1.82, 2.24) is 4.31 Å². The molecule has 1 aromatic carbocycles. The summed E-state index contributed by atoms with van der Waals surface area (Å²) in [5, 5.41) is 8.72. The van der Waals surface area contributed by atoms with Gasteiger partial charge in [0.05, 0.1) is 19.3 Å². The SMILES string of the molecule is COc1ccc(/C=C/C(=O)O)cc1S(=O)(=O)N1C[C@@H](C)O[C@H](C)C1. The minimum atomic E-state index is -3.78. The van der Waals surface area contributed by atoms with Gasteiger partial charge < -0.3 is 14.6 Å². The van der Waals surface area contributed by atoms with Crippen LogP contribution in [0.1, 0.15) is 19.4 Å². The van der Waals surface area contributed by atoms with Crippen LogP contribution in [0.3, 0.4) is 0 Å². The van der Waals surface area contributed by atoms with Crippen LogP contribution in [0.2, 0.25) is 0 Å². The first kappa shape index (κ1) is 18.4. The number of sulfonamides is 1. The van der Waals surface area contributed by atoms with Gasteiger partial charge in [0.25, 0.3) is 0 Å². The molecular formula is C16H21NO6S. The second-order valence-electron chi connectivity index (χ2n) is 5.66. The number of carbonyl (C=O) groups is 1. The number of morpholine rings is 1. The number of benzene rings is 1. The van der Waals surface area contributed by atoms with Gasteiger partial charge in [0, 0.05) is 19.2 Å². The summed E-state index contributed by atoms with van der Waals surface area (Å²) in [6.07, 6.45) is 1.89. The van der Waals surface area contributed by atoms with Crippen molar-refractivity contribution in [2.75, 3.05) is 20.2 Å². The van der Waals surface area contributed by atoms with Gasteiger partial charge in [-0.3, -0.25) is 0 Å². The highest BCUT2D eigenvalue weighted by Crippen LogP contribution is 2.30. The Morgan fingerprint density at radius 3 is 2.50 bits per heavy atom. The third kappa shape index (κ3) is 4.14. The molecule has 1 aromatic rings. The van der Waals surface area contributed by atoms with Crippen molar-refractivity contribution < 1.29 is 27.8 Å². The third-order valence-electron chi connectivity index (χ3n) is 3.61. The minimum absolute atomic E-state index is 0.0128. The number of hydrogen-bond acceptors (Lipinski definition) is 5. The third-order valence-corrected chi connectivity index (χ3v) is 5.46. The molecule has 1 N–H and O–H groups in total. The van der Waals surface area contributed by atoms with Crippen LogP contribution in [0, 0.1) is 0 Å². The number of nitrogens with zero attached hydrogens (tertiary/aromatic N) is 1. The van der Waals surface area contributed by atoms with Gasteiger partial charge in [0.1, 0.15) is 10.6 Å². The fourth-order valence-electron chi connectivity index (χ4n) is 2.63. The predicted octanol–water partition coefficient (Wildman–Crippen LogP) is 1.59. The van der Waals surface area contributed by atoms with Gasteiger partial charge in [-0.25, -0.2) is 13.2 Å². The molecule has 1 heterocycles. The highest BCUT2D eigenvalue weighted by molar-refractivity contribution is 7.89. The summed E-state index contributed by atoms with van der Waals surface area (Å²) in [7, 11) is -2.39. The van der Waals surface area contributed by atoms with Crippen LogP contribution in [0.5, 0.6) is 5.75 Å². The van der Waals surface area contributed by atoms with Crippen LogP contribution in [0.25, 0.3) is 6.08 Å². The van der Waals surface area contributed by atoms with Crippen molar-refractivity contribution >= 4 is 22.1 Å². The maximum atomic E-state index is 13.0. The average molecular weight is 355 g/mol. The number of aliphatic carboxylic acids is 1. The molecule has 0 amide bonds. The van der Waals surface area contributed by atoms with Crippen molar-refractivity contribution in [2.45, 2.75) is 31.0 Å². The number of ether oxygens (including phenoxy) is 2. The highest BCUT2D eigenvalue weighted by atomic mass is 32.2. The molecule has 0 aliphatic carbocycles. The van der Waals surface area contributed by atoms with Crippen LogP contribution in [-0.4, -0.2) is 56.2 Å². The molecule has 2 rings (SSSR count). The molecule has 0 aromatic heterocycles. The standard InChI is InChI=1S/C16H21NO6S/c1-11-9-17(10-12(2)23-11)24(20,21)15-8-13(5-7-16(18)19)4-6-14(15)22-3/h4-8,11-12H,9-10H2,1-3H3,(H,18,19)/b7-5+/t11-,12-/m1/s1. The van der Waals surface area contributed by atoms with Crippen molar-refractivity contribution in [2.24, 2.45) is 0 Å². The van der Waals surface area contributed by atoms with Gasteiger partial charge in [-0.15, -0.1) is 0 Å². The molecule has 132 valence electrons. The highest BCUT2D eigenvalue weighted by Gasteiger charge is 2.34. The summed E-state index contributed by atoms with van der Waals surface area (Å²) in [4.78, 5) is 10.7. The topological polar surface area (TPSA) is 93.1 Å². The second kappa shape index (κ2) is 7.33. The Morgan fingerprint density at radius 1 is 1.33 bits per heavy atom. The molecule has 0 spiro atoms. The molecule has 2 atom stereocenters. The normalized spacial score (nSPS) is 22.6. The Kier molecular flexibility index (Phi) is 5.63. The number of carboxylic acid groups (broad SMARTS) is 1. The smallest absolute Gasteiger partial charge is 0.328 e. The van der Waals surface area contributed by atoms with E-state index in [1.165, 1.54) is 29.6 Å². The van der Waals surface area contributed by atoms with E-state index in [0.29, 0.717) is 5.56 Å². The largest absolute Gasteiger partial charge is 0.495 e. The van der Waals surface area contributed by atoms with Gasteiger partial charge in [0.15, 0.2) is 0 Å². The van der Waals surface area contributed by atoms with E-state index in [0.717, 1.165) is 6.08 Å². The van der Waals surface area contributed by atoms with Crippen LogP contribution in [0.15, 0.2) is 29.2 Å². The summed E-state index contributed by atoms with van der Waals surface area (Å²) in [6, 6.07) is 4.53. The number of carboxylic acids is 1. The molecule has 7 nitrogen and oxygen atoms in total. The maximum absolute atomic E-state index is 13.0. The molecule has 0 bridgehead atoms. The van der Waals surface area contributed by atoms with Gasteiger partial charge >= 0.3 is 5.97 Å². The van der Waals surface area contributed by atoms with Crippen LogP contribution in [-0.2, 0) is 19.6 Å². The summed E-state index contributed by atoms with van der Waals surface area (Å²) in [6.45, 7) is 4.15. The van der Waals surface area contributed by atoms with E-state index in [1.807, 2.05) is 13.8 Å². The summed E-state index contributed by atoms with van der Waals surface area (Å²) < 4.78 is 38.1. The van der Waals surface area contributed by atoms with Crippen molar-refractivity contribution in [3.63, 3.8) is 0 Å². The van der Waals surface area contributed by atoms with E-state index in [9.17, 15) is 13.2 Å². The fourth-order valence-corrected chi connectivity index (χ4v) is 4.41. The van der Waals surface area contributed by atoms with E-state index in [1.54, 1.807) is 6.07 Å². The van der Waals surface area contributed by atoms with Crippen molar-refractivity contribution in [3.05, 3.63) is 29.8 Å². The first-order chi connectivity index (χ1) is 11.2. The zero-order valence-electron chi connectivity index (χ0n) is 13.8. The molecular weight excluding hydrogens is 334 g/mol. The molecule has 0 unspecified atom stereocenters. The number of methoxy groups -OCH3 is 1. The average Bonchev–Trinajstić information content (AvgIpc) is 2.51. The number of hydrogen-bond donors (Lipinski definition) is 1. The maximum Gasteiger partial charge on any atom is 0.328 e. The molecule has 8 heteroatoms. The lowest BCUT2D eigenvalue weighted by Gasteiger charge is -2.34. The summed E-state index contributed by atoms with van der Waals surface area (Å²) in [5.74, 6) is -0.889. The molecule has 1 saturated heterocycles. The van der Waals surface area contributed by atoms with E-state index < -0.39 is 16.0 Å². The van der Waals surface area contributed by atoms with Gasteiger partial charge in [-0.2, -0.15) is 4.31 Å². The molecule has 0 saturated carbocycles. The van der Waals surface area contributed by atoms with Crippen LogP contribution >= 0.6 is 0 Å². The lowest BCUT2D eigenvalue weighted by Crippen LogP contribution is -2.48. The minimum Gasteiger partial charge on any atom is -0.495 e. The lowest BCUT2D eigenvalue weighted by molar-refractivity contribution is -0.131. The Balaban J connectivity index is 2.44. The fraction of sp³-hybridized carbons (Fsp3) is 0.438. The van der Waals surface area contributed by atoms with E-state index in [-0.39, 0.29) is 35.9 Å². The predicted molar refractivity (Wildman–Crippen MR) is 88.4 cm³/mol. The Labute approximate surface area is 141 Å². The van der Waals surface area contributed by atoms with Gasteiger partial charge in [0.2, 0.25) is 10.0 Å². The number of rotatable bonds is 5.